The predicted octanol–water partition coefficient (Wildman–Crippen LogP) is 0.698. The highest BCUT2D eigenvalue weighted by atomic mass is 16.4. The number of benzene rings is 1. The van der Waals surface area contributed by atoms with E-state index in [-0.39, 0.29) is 19.6 Å². The van der Waals surface area contributed by atoms with E-state index in [1.165, 1.54) is 0 Å². The van der Waals surface area contributed by atoms with Crippen molar-refractivity contribution in [3.8, 4) is 0 Å². The molecule has 0 radical (unpaired) electrons. The van der Waals surface area contributed by atoms with E-state index in [0.29, 0.717) is 16.8 Å². The Labute approximate surface area is 143 Å². The van der Waals surface area contributed by atoms with Crippen molar-refractivity contribution in [2.75, 3.05) is 13.2 Å². The first-order chi connectivity index (χ1) is 12.0. The SMILES string of the molecule is [N-]=[N+]=NCc1cc(CN2C[C@H](O)[C@@H](O)[C@H](O)[C@H]2CO)cc(N=[N+]=[N-])c1. The van der Waals surface area contributed by atoms with Crippen molar-refractivity contribution in [1.29, 1.82) is 0 Å². The minimum Gasteiger partial charge on any atom is -0.395 e. The van der Waals surface area contributed by atoms with Crippen molar-refractivity contribution in [3.63, 3.8) is 0 Å². The minimum atomic E-state index is -1.33. The average Bonchev–Trinajstić information content (AvgIpc) is 2.58. The number of β-amino-alcohol motifs (C(OH)–C–C–N with tert-alkyl or cyclic N) is 1. The van der Waals surface area contributed by atoms with Gasteiger partial charge >= 0.3 is 0 Å². The van der Waals surface area contributed by atoms with Crippen molar-refractivity contribution in [2.45, 2.75) is 37.4 Å². The van der Waals surface area contributed by atoms with E-state index in [4.69, 9.17) is 11.1 Å². The van der Waals surface area contributed by atoms with Gasteiger partial charge in [0.1, 0.15) is 12.2 Å². The monoisotopic (exact) mass is 349 g/mol. The fourth-order valence-electron chi connectivity index (χ4n) is 2.94. The molecule has 0 unspecified atom stereocenters. The molecule has 25 heavy (non-hydrogen) atoms. The van der Waals surface area contributed by atoms with Crippen LogP contribution in [0.2, 0.25) is 0 Å². The summed E-state index contributed by atoms with van der Waals surface area (Å²) in [5.74, 6) is 0. The summed E-state index contributed by atoms with van der Waals surface area (Å²) in [5, 5.41) is 46.2. The van der Waals surface area contributed by atoms with E-state index in [1.807, 2.05) is 0 Å². The molecule has 1 aromatic carbocycles. The second kappa shape index (κ2) is 8.65. The number of rotatable bonds is 6. The Morgan fingerprint density at radius 3 is 2.44 bits per heavy atom. The van der Waals surface area contributed by atoms with Gasteiger partial charge in [0.15, 0.2) is 0 Å². The molecule has 1 aliphatic rings. The van der Waals surface area contributed by atoms with E-state index in [0.717, 1.165) is 0 Å². The van der Waals surface area contributed by atoms with Gasteiger partial charge in [-0.3, -0.25) is 4.90 Å². The molecule has 1 aliphatic heterocycles. The van der Waals surface area contributed by atoms with Crippen LogP contribution in [0.25, 0.3) is 20.9 Å². The van der Waals surface area contributed by atoms with Crippen LogP contribution in [-0.4, -0.2) is 62.8 Å². The summed E-state index contributed by atoms with van der Waals surface area (Å²) in [6.07, 6.45) is -3.78. The molecule has 4 atom stereocenters. The molecule has 0 bridgehead atoms. The maximum Gasteiger partial charge on any atom is 0.109 e. The maximum atomic E-state index is 10.0. The summed E-state index contributed by atoms with van der Waals surface area (Å²) in [4.78, 5) is 7.06. The zero-order chi connectivity index (χ0) is 18.4. The van der Waals surface area contributed by atoms with E-state index in [1.54, 1.807) is 23.1 Å². The van der Waals surface area contributed by atoms with Crippen LogP contribution in [0.4, 0.5) is 5.69 Å². The number of hydrogen-bond acceptors (Lipinski definition) is 7. The predicted molar refractivity (Wildman–Crippen MR) is 87.4 cm³/mol. The number of aliphatic hydroxyl groups excluding tert-OH is 4. The first kappa shape index (κ1) is 19.0. The summed E-state index contributed by atoms with van der Waals surface area (Å²) < 4.78 is 0. The first-order valence-electron chi connectivity index (χ1n) is 7.58. The fraction of sp³-hybridized carbons (Fsp3) is 0.571. The Bertz CT molecular complexity index is 702. The van der Waals surface area contributed by atoms with Gasteiger partial charge in [-0.1, -0.05) is 16.3 Å². The Morgan fingerprint density at radius 1 is 1.08 bits per heavy atom. The molecule has 0 saturated carbocycles. The smallest absolute Gasteiger partial charge is 0.109 e. The number of piperidine rings is 1. The van der Waals surface area contributed by atoms with Gasteiger partial charge in [-0.2, -0.15) is 0 Å². The van der Waals surface area contributed by atoms with E-state index >= 15 is 0 Å². The van der Waals surface area contributed by atoms with Gasteiger partial charge in [0.25, 0.3) is 0 Å². The number of aliphatic hydroxyl groups is 4. The Hall–Kier alpha value is -2.36. The minimum absolute atomic E-state index is 0.0564. The van der Waals surface area contributed by atoms with Gasteiger partial charge in [0, 0.05) is 28.6 Å². The van der Waals surface area contributed by atoms with Crippen molar-refractivity contribution in [2.24, 2.45) is 10.2 Å². The normalized spacial score (nSPS) is 26.6. The van der Waals surface area contributed by atoms with Crippen LogP contribution in [0.3, 0.4) is 0 Å². The van der Waals surface area contributed by atoms with Gasteiger partial charge in [-0.25, -0.2) is 0 Å². The largest absolute Gasteiger partial charge is 0.395 e. The fourth-order valence-corrected chi connectivity index (χ4v) is 2.94. The molecule has 1 aromatic rings. The highest BCUT2D eigenvalue weighted by molar-refractivity contribution is 5.44. The Balaban J connectivity index is 2.29. The van der Waals surface area contributed by atoms with Gasteiger partial charge in [0.05, 0.1) is 25.3 Å². The third kappa shape index (κ3) is 4.59. The van der Waals surface area contributed by atoms with Crippen LogP contribution >= 0.6 is 0 Å². The molecule has 0 spiro atoms. The van der Waals surface area contributed by atoms with Crippen LogP contribution in [0.5, 0.6) is 0 Å². The Morgan fingerprint density at radius 2 is 1.80 bits per heavy atom. The molecule has 4 N–H and O–H groups in total. The lowest BCUT2D eigenvalue weighted by Crippen LogP contribution is -2.62. The van der Waals surface area contributed by atoms with Crippen LogP contribution in [0.15, 0.2) is 28.4 Å². The molecule has 134 valence electrons. The van der Waals surface area contributed by atoms with Gasteiger partial charge in [-0.05, 0) is 34.3 Å². The molecule has 1 heterocycles. The molecular weight excluding hydrogens is 330 g/mol. The van der Waals surface area contributed by atoms with Gasteiger partial charge in [0.2, 0.25) is 0 Å². The van der Waals surface area contributed by atoms with Crippen molar-refractivity contribution in [1.82, 2.24) is 4.90 Å². The molecule has 1 saturated heterocycles. The van der Waals surface area contributed by atoms with Gasteiger partial charge in [-0.15, -0.1) is 0 Å². The highest BCUT2D eigenvalue weighted by Gasteiger charge is 2.40. The number of likely N-dealkylation sites (tertiary alicyclic amines) is 1. The average molecular weight is 349 g/mol. The molecule has 0 amide bonds. The summed E-state index contributed by atoms with van der Waals surface area (Å²) >= 11 is 0. The van der Waals surface area contributed by atoms with Gasteiger partial charge < -0.3 is 20.4 Å². The van der Waals surface area contributed by atoms with Crippen LogP contribution in [0, 0.1) is 0 Å². The second-order valence-corrected chi connectivity index (χ2v) is 5.81. The summed E-state index contributed by atoms with van der Waals surface area (Å²) in [5.41, 5.74) is 18.7. The zero-order valence-corrected chi connectivity index (χ0v) is 13.3. The topological polar surface area (TPSA) is 182 Å². The summed E-state index contributed by atoms with van der Waals surface area (Å²) in [6.45, 7) is -0.0384. The van der Waals surface area contributed by atoms with Crippen LogP contribution in [0.1, 0.15) is 11.1 Å². The van der Waals surface area contributed by atoms with Crippen LogP contribution in [-0.2, 0) is 13.1 Å². The summed E-state index contributed by atoms with van der Waals surface area (Å²) in [6, 6.07) is 4.20. The second-order valence-electron chi connectivity index (χ2n) is 5.81. The molecular formula is C14H19N7O4. The molecule has 11 heteroatoms. The molecule has 2 rings (SSSR count). The van der Waals surface area contributed by atoms with E-state index in [2.05, 4.69) is 20.1 Å². The molecule has 11 nitrogen and oxygen atoms in total. The highest BCUT2D eigenvalue weighted by Crippen LogP contribution is 2.24. The lowest BCUT2D eigenvalue weighted by Gasteiger charge is -2.43. The Kier molecular flexibility index (Phi) is 6.57. The third-order valence-electron chi connectivity index (χ3n) is 4.12. The van der Waals surface area contributed by atoms with Crippen molar-refractivity contribution >= 4 is 5.69 Å². The van der Waals surface area contributed by atoms with Crippen LogP contribution < -0.4 is 0 Å². The molecule has 1 fully saturated rings. The van der Waals surface area contributed by atoms with Crippen molar-refractivity contribution in [3.05, 3.63) is 50.2 Å². The molecule has 0 aliphatic carbocycles. The standard InChI is InChI=1S/C14H19N7O4/c15-19-17-4-8-1-9(3-10(2-8)18-20-16)5-21-6-12(23)14(25)13(24)11(21)7-22/h1-3,11-14,22-25H,4-7H2/t11-,12+,13-,14-/m1/s1. The van der Waals surface area contributed by atoms with E-state index in [9.17, 15) is 20.4 Å². The number of azide groups is 2. The summed E-state index contributed by atoms with van der Waals surface area (Å²) in [7, 11) is 0. The molecule has 0 aromatic heterocycles. The van der Waals surface area contributed by atoms with E-state index < -0.39 is 31.0 Å². The third-order valence-corrected chi connectivity index (χ3v) is 4.12. The van der Waals surface area contributed by atoms with Crippen molar-refractivity contribution < 1.29 is 20.4 Å². The zero-order valence-electron chi connectivity index (χ0n) is 13.3. The lowest BCUT2D eigenvalue weighted by atomic mass is 9.93. The number of hydrogen-bond donors (Lipinski definition) is 4. The quantitative estimate of drug-likeness (QED) is 0.334. The lowest BCUT2D eigenvalue weighted by molar-refractivity contribution is -0.147. The first-order valence-corrected chi connectivity index (χ1v) is 7.58. The maximum absolute atomic E-state index is 10.0. The number of nitrogens with zero attached hydrogens (tertiary/aromatic N) is 7.